The van der Waals surface area contributed by atoms with E-state index in [0.717, 1.165) is 15.6 Å². The zero-order chi connectivity index (χ0) is 24.5. The van der Waals surface area contributed by atoms with E-state index < -0.39 is 23.8 Å². The van der Waals surface area contributed by atoms with Gasteiger partial charge in [-0.25, -0.2) is 22.7 Å². The third-order valence-electron chi connectivity index (χ3n) is 5.43. The molecule has 3 heterocycles. The Bertz CT molecular complexity index is 1520. The molecular formula is C25H19F3N6O. The third-order valence-corrected chi connectivity index (χ3v) is 5.43. The molecule has 0 fully saturated rings. The van der Waals surface area contributed by atoms with Gasteiger partial charge in [-0.3, -0.25) is 9.48 Å². The molecule has 0 bridgehead atoms. The molecule has 176 valence electrons. The molecule has 5 aromatic rings. The summed E-state index contributed by atoms with van der Waals surface area (Å²) in [5.74, 6) is -1.03. The SMILES string of the molecule is Cc1cccc(Cn2cc(NC(=O)c3cnn4c(C(F)F)cc(-c5ccc(F)cc5)nc34)cn2)c1. The summed E-state index contributed by atoms with van der Waals surface area (Å²) in [5, 5.41) is 10.9. The van der Waals surface area contributed by atoms with Gasteiger partial charge in [0.25, 0.3) is 12.3 Å². The van der Waals surface area contributed by atoms with Crippen LogP contribution < -0.4 is 5.32 Å². The van der Waals surface area contributed by atoms with Crippen molar-refractivity contribution in [2.45, 2.75) is 19.9 Å². The largest absolute Gasteiger partial charge is 0.319 e. The van der Waals surface area contributed by atoms with Gasteiger partial charge in [-0.2, -0.15) is 10.2 Å². The van der Waals surface area contributed by atoms with Crippen molar-refractivity contribution in [2.24, 2.45) is 0 Å². The molecule has 0 aliphatic rings. The van der Waals surface area contributed by atoms with E-state index in [1.807, 2.05) is 31.2 Å². The van der Waals surface area contributed by atoms with E-state index in [1.54, 1.807) is 10.9 Å². The van der Waals surface area contributed by atoms with Crippen LogP contribution in [0.15, 0.2) is 73.2 Å². The van der Waals surface area contributed by atoms with Gasteiger partial charge in [-0.05, 0) is 42.8 Å². The second-order valence-electron chi connectivity index (χ2n) is 8.04. The quantitative estimate of drug-likeness (QED) is 0.362. The predicted molar refractivity (Wildman–Crippen MR) is 124 cm³/mol. The molecule has 0 spiro atoms. The zero-order valence-corrected chi connectivity index (χ0v) is 18.5. The lowest BCUT2D eigenvalue weighted by Crippen LogP contribution is -2.12. The van der Waals surface area contributed by atoms with Crippen molar-refractivity contribution in [1.82, 2.24) is 24.4 Å². The number of aromatic nitrogens is 5. The highest BCUT2D eigenvalue weighted by atomic mass is 19.3. The molecular weight excluding hydrogens is 457 g/mol. The Labute approximate surface area is 197 Å². The first kappa shape index (κ1) is 22.3. The Hall–Kier alpha value is -4.47. The highest BCUT2D eigenvalue weighted by Crippen LogP contribution is 2.27. The minimum atomic E-state index is -2.87. The normalized spacial score (nSPS) is 11.3. The Balaban J connectivity index is 1.44. The fraction of sp³-hybridized carbons (Fsp3) is 0.120. The second-order valence-corrected chi connectivity index (χ2v) is 8.04. The lowest BCUT2D eigenvalue weighted by molar-refractivity contribution is 0.102. The number of carbonyl (C=O) groups is 1. The van der Waals surface area contributed by atoms with Crippen molar-refractivity contribution >= 4 is 17.2 Å². The van der Waals surface area contributed by atoms with Crippen LogP contribution >= 0.6 is 0 Å². The molecule has 35 heavy (non-hydrogen) atoms. The van der Waals surface area contributed by atoms with Crippen LogP contribution in [-0.4, -0.2) is 30.3 Å². The summed E-state index contributed by atoms with van der Waals surface area (Å²) in [4.78, 5) is 17.4. The maximum absolute atomic E-state index is 13.8. The topological polar surface area (TPSA) is 77.1 Å². The number of nitrogens with one attached hydrogen (secondary N) is 1. The van der Waals surface area contributed by atoms with Gasteiger partial charge in [0.15, 0.2) is 5.65 Å². The number of halogens is 3. The summed E-state index contributed by atoms with van der Waals surface area (Å²) < 4.78 is 43.5. The molecule has 0 saturated heterocycles. The van der Waals surface area contributed by atoms with Crippen molar-refractivity contribution in [1.29, 1.82) is 0 Å². The summed E-state index contributed by atoms with van der Waals surface area (Å²) in [6, 6.07) is 14.5. The standard InChI is InChI=1S/C25H19F3N6O/c1-15-3-2-4-16(9-15)13-33-14-19(11-29-33)31-25(35)20-12-30-34-22(23(27)28)10-21(32-24(20)34)17-5-7-18(26)8-6-17/h2-12,14,23H,13H2,1H3,(H,31,35). The molecule has 1 N–H and O–H groups in total. The number of nitrogens with zero attached hydrogens (tertiary/aromatic N) is 5. The first-order valence-corrected chi connectivity index (χ1v) is 10.7. The number of amides is 1. The monoisotopic (exact) mass is 476 g/mol. The first-order chi connectivity index (χ1) is 16.9. The number of anilines is 1. The van der Waals surface area contributed by atoms with Gasteiger partial charge >= 0.3 is 0 Å². The molecule has 0 radical (unpaired) electrons. The molecule has 7 nitrogen and oxygen atoms in total. The van der Waals surface area contributed by atoms with Crippen molar-refractivity contribution in [3.63, 3.8) is 0 Å². The Morgan fingerprint density at radius 2 is 1.86 bits per heavy atom. The Morgan fingerprint density at radius 3 is 2.60 bits per heavy atom. The fourth-order valence-electron chi connectivity index (χ4n) is 3.78. The average molecular weight is 476 g/mol. The minimum Gasteiger partial charge on any atom is -0.319 e. The maximum Gasteiger partial charge on any atom is 0.280 e. The third kappa shape index (κ3) is 4.63. The van der Waals surface area contributed by atoms with Gasteiger partial charge in [0.2, 0.25) is 0 Å². The number of aryl methyl sites for hydroxylation is 1. The molecule has 0 aliphatic heterocycles. The lowest BCUT2D eigenvalue weighted by atomic mass is 10.1. The van der Waals surface area contributed by atoms with Gasteiger partial charge in [-0.1, -0.05) is 29.8 Å². The van der Waals surface area contributed by atoms with Crippen molar-refractivity contribution in [3.8, 4) is 11.3 Å². The summed E-state index contributed by atoms with van der Waals surface area (Å²) in [5.41, 5.74) is 2.78. The van der Waals surface area contributed by atoms with E-state index in [-0.39, 0.29) is 16.9 Å². The van der Waals surface area contributed by atoms with Crippen LogP contribution in [0, 0.1) is 12.7 Å². The Morgan fingerprint density at radius 1 is 1.06 bits per heavy atom. The molecule has 0 atom stereocenters. The molecule has 0 aliphatic carbocycles. The van der Waals surface area contributed by atoms with Crippen molar-refractivity contribution in [2.75, 3.05) is 5.32 Å². The van der Waals surface area contributed by atoms with E-state index in [0.29, 0.717) is 17.8 Å². The number of carbonyl (C=O) groups excluding carboxylic acids is 1. The Kier molecular flexibility index (Phi) is 5.77. The van der Waals surface area contributed by atoms with Crippen LogP contribution in [0.25, 0.3) is 16.9 Å². The first-order valence-electron chi connectivity index (χ1n) is 10.7. The maximum atomic E-state index is 13.8. The van der Waals surface area contributed by atoms with Gasteiger partial charge in [0, 0.05) is 11.8 Å². The van der Waals surface area contributed by atoms with E-state index >= 15 is 0 Å². The van der Waals surface area contributed by atoms with Gasteiger partial charge < -0.3 is 5.32 Å². The molecule has 3 aromatic heterocycles. The average Bonchev–Trinajstić information content (AvgIpc) is 3.45. The molecule has 10 heteroatoms. The van der Waals surface area contributed by atoms with Crippen LogP contribution in [0.1, 0.15) is 33.6 Å². The van der Waals surface area contributed by atoms with Gasteiger partial charge in [0.1, 0.15) is 17.1 Å². The fourth-order valence-corrected chi connectivity index (χ4v) is 3.78. The van der Waals surface area contributed by atoms with Crippen LogP contribution in [0.2, 0.25) is 0 Å². The number of alkyl halides is 2. The smallest absolute Gasteiger partial charge is 0.280 e. The summed E-state index contributed by atoms with van der Waals surface area (Å²) in [6.45, 7) is 2.53. The molecule has 1 amide bonds. The second kappa shape index (κ2) is 9.05. The van der Waals surface area contributed by atoms with Crippen LogP contribution in [0.4, 0.5) is 18.9 Å². The molecule has 0 unspecified atom stereocenters. The number of benzene rings is 2. The minimum absolute atomic E-state index is 0.0160. The number of fused-ring (bicyclic) bond motifs is 1. The van der Waals surface area contributed by atoms with Crippen molar-refractivity contribution in [3.05, 3.63) is 101 Å². The summed E-state index contributed by atoms with van der Waals surface area (Å²) in [6.07, 6.45) is 1.50. The van der Waals surface area contributed by atoms with E-state index in [9.17, 15) is 18.0 Å². The number of hydrogen-bond acceptors (Lipinski definition) is 4. The van der Waals surface area contributed by atoms with Gasteiger partial charge in [-0.15, -0.1) is 0 Å². The molecule has 5 rings (SSSR count). The number of rotatable bonds is 6. The van der Waals surface area contributed by atoms with Crippen LogP contribution in [-0.2, 0) is 6.54 Å². The predicted octanol–water partition coefficient (Wildman–Crippen LogP) is 5.28. The summed E-state index contributed by atoms with van der Waals surface area (Å²) >= 11 is 0. The lowest BCUT2D eigenvalue weighted by Gasteiger charge is -2.08. The van der Waals surface area contributed by atoms with E-state index in [2.05, 4.69) is 20.5 Å². The highest BCUT2D eigenvalue weighted by Gasteiger charge is 2.22. The molecule has 0 saturated carbocycles. The number of hydrogen-bond donors (Lipinski definition) is 1. The highest BCUT2D eigenvalue weighted by molar-refractivity contribution is 6.08. The van der Waals surface area contributed by atoms with E-state index in [1.165, 1.54) is 42.7 Å². The molecule has 2 aromatic carbocycles. The van der Waals surface area contributed by atoms with Crippen LogP contribution in [0.3, 0.4) is 0 Å². The van der Waals surface area contributed by atoms with Crippen LogP contribution in [0.5, 0.6) is 0 Å². The van der Waals surface area contributed by atoms with Crippen molar-refractivity contribution < 1.29 is 18.0 Å². The zero-order valence-electron chi connectivity index (χ0n) is 18.5. The van der Waals surface area contributed by atoms with E-state index in [4.69, 9.17) is 0 Å². The summed E-state index contributed by atoms with van der Waals surface area (Å²) in [7, 11) is 0. The van der Waals surface area contributed by atoms with Gasteiger partial charge in [0.05, 0.1) is 30.3 Å².